The summed E-state index contributed by atoms with van der Waals surface area (Å²) in [4.78, 5) is 18.3. The smallest absolute Gasteiger partial charge is 0.410 e. The Morgan fingerprint density at radius 1 is 1.50 bits per heavy atom. The molecule has 1 amide bonds. The maximum absolute atomic E-state index is 11.9. The first kappa shape index (κ1) is 14.8. The van der Waals surface area contributed by atoms with E-state index in [9.17, 15) is 4.79 Å². The quantitative estimate of drug-likeness (QED) is 0.719. The minimum Gasteiger partial charge on any atom is -0.444 e. The van der Waals surface area contributed by atoms with Crippen LogP contribution >= 0.6 is 0 Å². The number of carbonyl (C=O) groups excluding carboxylic acids is 1. The van der Waals surface area contributed by atoms with Gasteiger partial charge in [0.2, 0.25) is 0 Å². The first-order valence-electron chi connectivity index (χ1n) is 6.03. The largest absolute Gasteiger partial charge is 0.444 e. The summed E-state index contributed by atoms with van der Waals surface area (Å²) >= 11 is 0. The van der Waals surface area contributed by atoms with Crippen molar-refractivity contribution >= 4 is 11.8 Å². The van der Waals surface area contributed by atoms with Crippen LogP contribution in [0, 0.1) is 0 Å². The molecule has 6 nitrogen and oxygen atoms in total. The van der Waals surface area contributed by atoms with Gasteiger partial charge in [0.1, 0.15) is 12.7 Å². The second-order valence-corrected chi connectivity index (χ2v) is 5.79. The molecule has 1 rings (SSSR count). The lowest BCUT2D eigenvalue weighted by atomic mass is 9.90. The van der Waals surface area contributed by atoms with E-state index in [-0.39, 0.29) is 6.09 Å². The van der Waals surface area contributed by atoms with Gasteiger partial charge in [-0.15, -0.1) is 0 Å². The molecule has 2 N–H and O–H groups in total. The summed E-state index contributed by atoms with van der Waals surface area (Å²) < 4.78 is 5.33. The molecule has 0 aromatic heterocycles. The van der Waals surface area contributed by atoms with E-state index in [1.54, 1.807) is 4.90 Å². The molecule has 1 unspecified atom stereocenters. The number of oxime groups is 1. The van der Waals surface area contributed by atoms with Crippen LogP contribution in [-0.4, -0.2) is 48.0 Å². The summed E-state index contributed by atoms with van der Waals surface area (Å²) in [5.74, 6) is 0. The average Bonchev–Trinajstić information content (AvgIpc) is 2.18. The number of hydrogen-bond donors (Lipinski definition) is 1. The fraction of sp³-hybridized carbons (Fsp3) is 0.833. The van der Waals surface area contributed by atoms with E-state index in [1.807, 2.05) is 27.7 Å². The Bertz CT molecular complexity index is 345. The zero-order valence-electron chi connectivity index (χ0n) is 11.8. The highest BCUT2D eigenvalue weighted by Gasteiger charge is 2.37. The van der Waals surface area contributed by atoms with Crippen LogP contribution in [0.5, 0.6) is 0 Å². The molecule has 0 saturated carbocycles. The fourth-order valence-corrected chi connectivity index (χ4v) is 1.84. The van der Waals surface area contributed by atoms with Gasteiger partial charge in [-0.2, -0.15) is 0 Å². The topological polar surface area (TPSA) is 77.1 Å². The molecule has 0 radical (unpaired) electrons. The Hall–Kier alpha value is -1.30. The molecular formula is C12H23N3O3. The average molecular weight is 257 g/mol. The Morgan fingerprint density at radius 3 is 2.56 bits per heavy atom. The van der Waals surface area contributed by atoms with Gasteiger partial charge >= 0.3 is 6.09 Å². The van der Waals surface area contributed by atoms with Crippen LogP contribution in [0.3, 0.4) is 0 Å². The molecule has 0 spiro atoms. The molecule has 1 aliphatic rings. The molecule has 0 aromatic rings. The van der Waals surface area contributed by atoms with Crippen LogP contribution in [0.4, 0.5) is 4.79 Å². The lowest BCUT2D eigenvalue weighted by molar-refractivity contribution is 0.0214. The number of carbonyl (C=O) groups is 1. The van der Waals surface area contributed by atoms with E-state index in [2.05, 4.69) is 5.16 Å². The number of hydrogen-bond acceptors (Lipinski definition) is 5. The van der Waals surface area contributed by atoms with Crippen LogP contribution in [0.25, 0.3) is 0 Å². The molecule has 1 fully saturated rings. The first-order chi connectivity index (χ1) is 8.15. The van der Waals surface area contributed by atoms with Crippen LogP contribution in [0.15, 0.2) is 5.16 Å². The summed E-state index contributed by atoms with van der Waals surface area (Å²) in [7, 11) is 1.49. The second-order valence-electron chi connectivity index (χ2n) is 5.79. The van der Waals surface area contributed by atoms with E-state index in [1.165, 1.54) is 7.11 Å². The predicted octanol–water partition coefficient (Wildman–Crippen LogP) is 1.35. The molecule has 18 heavy (non-hydrogen) atoms. The fourth-order valence-electron chi connectivity index (χ4n) is 1.84. The van der Waals surface area contributed by atoms with E-state index >= 15 is 0 Å². The van der Waals surface area contributed by atoms with Gasteiger partial charge in [-0.25, -0.2) is 4.79 Å². The highest BCUT2D eigenvalue weighted by atomic mass is 16.6. The van der Waals surface area contributed by atoms with Gasteiger partial charge in [-0.1, -0.05) is 5.16 Å². The van der Waals surface area contributed by atoms with Crippen molar-refractivity contribution in [1.29, 1.82) is 0 Å². The molecule has 0 aromatic carbocycles. The number of piperidine rings is 1. The van der Waals surface area contributed by atoms with Crippen molar-refractivity contribution in [3.8, 4) is 0 Å². The first-order valence-corrected chi connectivity index (χ1v) is 6.03. The molecular weight excluding hydrogens is 234 g/mol. The molecule has 6 heteroatoms. The molecule has 1 saturated heterocycles. The maximum atomic E-state index is 11.9. The van der Waals surface area contributed by atoms with Gasteiger partial charge in [0.15, 0.2) is 0 Å². The van der Waals surface area contributed by atoms with Crippen molar-refractivity contribution in [3.63, 3.8) is 0 Å². The number of likely N-dealkylation sites (tertiary alicyclic amines) is 1. The SMILES string of the molecule is CO/N=C1\CCN(C(=O)OC(C)(C)C)CC1(C)N. The van der Waals surface area contributed by atoms with Gasteiger partial charge in [0.05, 0.1) is 11.3 Å². The number of rotatable bonds is 1. The highest BCUT2D eigenvalue weighted by molar-refractivity contribution is 5.94. The Morgan fingerprint density at radius 2 is 2.11 bits per heavy atom. The van der Waals surface area contributed by atoms with Crippen LogP contribution in [0.2, 0.25) is 0 Å². The predicted molar refractivity (Wildman–Crippen MR) is 69.5 cm³/mol. The zero-order chi connectivity index (χ0) is 14.0. The summed E-state index contributed by atoms with van der Waals surface area (Å²) in [6, 6.07) is 0. The van der Waals surface area contributed by atoms with E-state index in [0.29, 0.717) is 19.5 Å². The zero-order valence-corrected chi connectivity index (χ0v) is 11.8. The highest BCUT2D eigenvalue weighted by Crippen LogP contribution is 2.19. The van der Waals surface area contributed by atoms with E-state index in [0.717, 1.165) is 5.71 Å². The van der Waals surface area contributed by atoms with Crippen molar-refractivity contribution in [2.45, 2.75) is 45.3 Å². The van der Waals surface area contributed by atoms with Gasteiger partial charge in [-0.3, -0.25) is 0 Å². The van der Waals surface area contributed by atoms with Crippen molar-refractivity contribution in [3.05, 3.63) is 0 Å². The Labute approximate surface area is 108 Å². The number of nitrogens with zero attached hydrogens (tertiary/aromatic N) is 2. The van der Waals surface area contributed by atoms with Gasteiger partial charge in [0.25, 0.3) is 0 Å². The normalized spacial score (nSPS) is 27.2. The van der Waals surface area contributed by atoms with E-state index in [4.69, 9.17) is 15.3 Å². The monoisotopic (exact) mass is 257 g/mol. The molecule has 0 aliphatic carbocycles. The third-order valence-electron chi connectivity index (χ3n) is 2.65. The van der Waals surface area contributed by atoms with Crippen molar-refractivity contribution in [2.75, 3.05) is 20.2 Å². The number of nitrogens with two attached hydrogens (primary N) is 1. The van der Waals surface area contributed by atoms with E-state index < -0.39 is 11.1 Å². The maximum Gasteiger partial charge on any atom is 0.410 e. The van der Waals surface area contributed by atoms with Gasteiger partial charge < -0.3 is 20.2 Å². The minimum absolute atomic E-state index is 0.337. The molecule has 0 bridgehead atoms. The summed E-state index contributed by atoms with van der Waals surface area (Å²) in [5, 5.41) is 3.92. The molecule has 1 atom stereocenters. The van der Waals surface area contributed by atoms with Crippen molar-refractivity contribution < 1.29 is 14.4 Å². The number of amides is 1. The summed E-state index contributed by atoms with van der Waals surface area (Å²) in [6.45, 7) is 8.28. The van der Waals surface area contributed by atoms with Crippen LogP contribution in [-0.2, 0) is 9.57 Å². The van der Waals surface area contributed by atoms with Gasteiger partial charge in [-0.05, 0) is 27.7 Å². The lowest BCUT2D eigenvalue weighted by Crippen LogP contribution is -2.60. The summed E-state index contributed by atoms with van der Waals surface area (Å²) in [6.07, 6.45) is 0.260. The third kappa shape index (κ3) is 3.87. The summed E-state index contributed by atoms with van der Waals surface area (Å²) in [5.41, 5.74) is 5.74. The number of ether oxygens (including phenoxy) is 1. The van der Waals surface area contributed by atoms with Crippen LogP contribution in [0.1, 0.15) is 34.1 Å². The van der Waals surface area contributed by atoms with Gasteiger partial charge in [0, 0.05) is 19.5 Å². The lowest BCUT2D eigenvalue weighted by Gasteiger charge is -2.38. The van der Waals surface area contributed by atoms with Crippen LogP contribution < -0.4 is 5.73 Å². The van der Waals surface area contributed by atoms with Crippen molar-refractivity contribution in [1.82, 2.24) is 4.90 Å². The molecule has 1 aliphatic heterocycles. The Balaban J connectivity index is 2.69. The molecule has 1 heterocycles. The minimum atomic E-state index is -0.675. The van der Waals surface area contributed by atoms with Crippen molar-refractivity contribution in [2.24, 2.45) is 10.9 Å². The standard InChI is InChI=1S/C12H23N3O3/c1-11(2,3)18-10(16)15-7-6-9(14-17-5)12(4,13)8-15/h6-8,13H2,1-5H3/b14-9+. The second kappa shape index (κ2) is 5.14. The Kier molecular flexibility index (Phi) is 4.21. The third-order valence-corrected chi connectivity index (χ3v) is 2.65. The molecule has 104 valence electrons.